The highest BCUT2D eigenvalue weighted by molar-refractivity contribution is 6.38. The lowest BCUT2D eigenvalue weighted by Crippen LogP contribution is -2.17. The maximum Gasteiger partial charge on any atom is 0.271 e. The van der Waals surface area contributed by atoms with Gasteiger partial charge < -0.3 is 0 Å². The Morgan fingerprint density at radius 3 is 2.33 bits per heavy atom. The topological polar surface area (TPSA) is 65.2 Å². The standard InChI is InChI=1S/C15H9Cl2N3O/c16-13-2-1-3-14(17)12(13)9-19-20-15(21)11-6-4-10(8-18)5-7-11/h1-7,9H,(H,20,21). The fourth-order valence-corrected chi connectivity index (χ4v) is 2.05. The average Bonchev–Trinajstić information content (AvgIpc) is 2.50. The molecule has 21 heavy (non-hydrogen) atoms. The van der Waals surface area contributed by atoms with Crippen LogP contribution in [0, 0.1) is 11.3 Å². The molecule has 1 amide bonds. The van der Waals surface area contributed by atoms with Crippen molar-refractivity contribution in [1.29, 1.82) is 5.26 Å². The van der Waals surface area contributed by atoms with E-state index >= 15 is 0 Å². The molecule has 0 radical (unpaired) electrons. The van der Waals surface area contributed by atoms with Crippen LogP contribution in [0.5, 0.6) is 0 Å². The van der Waals surface area contributed by atoms with Gasteiger partial charge in [0.25, 0.3) is 5.91 Å². The first kappa shape index (κ1) is 15.0. The summed E-state index contributed by atoms with van der Waals surface area (Å²) in [5, 5.41) is 13.4. The highest BCUT2D eigenvalue weighted by atomic mass is 35.5. The summed E-state index contributed by atoms with van der Waals surface area (Å²) in [6, 6.07) is 13.3. The van der Waals surface area contributed by atoms with Gasteiger partial charge in [0.15, 0.2) is 0 Å². The number of hydrogen-bond acceptors (Lipinski definition) is 3. The van der Waals surface area contributed by atoms with Crippen LogP contribution in [-0.4, -0.2) is 12.1 Å². The monoisotopic (exact) mass is 317 g/mol. The van der Waals surface area contributed by atoms with E-state index < -0.39 is 0 Å². The van der Waals surface area contributed by atoms with Gasteiger partial charge >= 0.3 is 0 Å². The van der Waals surface area contributed by atoms with Crippen LogP contribution in [0.25, 0.3) is 0 Å². The van der Waals surface area contributed by atoms with Crippen molar-refractivity contribution in [1.82, 2.24) is 5.43 Å². The van der Waals surface area contributed by atoms with E-state index in [4.69, 9.17) is 28.5 Å². The number of nitriles is 1. The van der Waals surface area contributed by atoms with E-state index in [1.54, 1.807) is 42.5 Å². The van der Waals surface area contributed by atoms with Crippen LogP contribution >= 0.6 is 23.2 Å². The number of hydrazone groups is 1. The van der Waals surface area contributed by atoms with Gasteiger partial charge in [-0.2, -0.15) is 10.4 Å². The highest BCUT2D eigenvalue weighted by Crippen LogP contribution is 2.21. The van der Waals surface area contributed by atoms with Crippen molar-refractivity contribution in [2.75, 3.05) is 0 Å². The fourth-order valence-electron chi connectivity index (χ4n) is 1.55. The van der Waals surface area contributed by atoms with E-state index in [0.29, 0.717) is 26.7 Å². The molecule has 0 heterocycles. The minimum absolute atomic E-state index is 0.390. The van der Waals surface area contributed by atoms with Gasteiger partial charge in [-0.1, -0.05) is 29.3 Å². The summed E-state index contributed by atoms with van der Waals surface area (Å²) in [6.07, 6.45) is 1.38. The second-order valence-electron chi connectivity index (χ2n) is 4.02. The summed E-state index contributed by atoms with van der Waals surface area (Å²) in [6.45, 7) is 0. The van der Waals surface area contributed by atoms with E-state index in [1.165, 1.54) is 6.21 Å². The third-order valence-electron chi connectivity index (χ3n) is 2.64. The zero-order valence-electron chi connectivity index (χ0n) is 10.7. The second-order valence-corrected chi connectivity index (χ2v) is 4.84. The molecule has 4 nitrogen and oxygen atoms in total. The average molecular weight is 318 g/mol. The molecule has 2 aromatic rings. The molecule has 0 saturated heterocycles. The molecule has 0 unspecified atom stereocenters. The molecule has 0 fully saturated rings. The van der Waals surface area contributed by atoms with Crippen LogP contribution in [0.15, 0.2) is 47.6 Å². The Labute approximate surface area is 131 Å². The summed E-state index contributed by atoms with van der Waals surface area (Å²) in [4.78, 5) is 11.8. The first-order chi connectivity index (χ1) is 10.1. The number of nitrogens with zero attached hydrogens (tertiary/aromatic N) is 2. The quantitative estimate of drug-likeness (QED) is 0.694. The van der Waals surface area contributed by atoms with Crippen LogP contribution < -0.4 is 5.43 Å². The van der Waals surface area contributed by atoms with Crippen molar-refractivity contribution in [3.05, 3.63) is 69.2 Å². The Bertz CT molecular complexity index is 713. The Morgan fingerprint density at radius 1 is 1.14 bits per heavy atom. The molecular formula is C15H9Cl2N3O. The minimum atomic E-state index is -0.390. The highest BCUT2D eigenvalue weighted by Gasteiger charge is 2.05. The number of carbonyl (C=O) groups excluding carboxylic acids is 1. The summed E-state index contributed by atoms with van der Waals surface area (Å²) in [5.41, 5.74) is 3.78. The summed E-state index contributed by atoms with van der Waals surface area (Å²) < 4.78 is 0. The van der Waals surface area contributed by atoms with E-state index in [1.807, 2.05) is 6.07 Å². The zero-order chi connectivity index (χ0) is 15.2. The summed E-state index contributed by atoms with van der Waals surface area (Å²) in [7, 11) is 0. The number of carbonyl (C=O) groups is 1. The molecule has 1 N–H and O–H groups in total. The lowest BCUT2D eigenvalue weighted by atomic mass is 10.1. The molecule has 6 heteroatoms. The van der Waals surface area contributed by atoms with Gasteiger partial charge in [0.05, 0.1) is 27.9 Å². The summed E-state index contributed by atoms with van der Waals surface area (Å²) in [5.74, 6) is -0.390. The van der Waals surface area contributed by atoms with E-state index in [2.05, 4.69) is 10.5 Å². The van der Waals surface area contributed by atoms with E-state index in [0.717, 1.165) is 0 Å². The maximum atomic E-state index is 11.8. The number of hydrogen-bond donors (Lipinski definition) is 1. The Balaban J connectivity index is 2.07. The van der Waals surface area contributed by atoms with Gasteiger partial charge in [-0.3, -0.25) is 4.79 Å². The third-order valence-corrected chi connectivity index (χ3v) is 3.29. The van der Waals surface area contributed by atoms with Gasteiger partial charge in [0.2, 0.25) is 0 Å². The number of nitrogens with one attached hydrogen (secondary N) is 1. The van der Waals surface area contributed by atoms with Crippen LogP contribution in [0.1, 0.15) is 21.5 Å². The fraction of sp³-hybridized carbons (Fsp3) is 0. The number of benzene rings is 2. The van der Waals surface area contributed by atoms with Crippen molar-refractivity contribution in [3.63, 3.8) is 0 Å². The summed E-state index contributed by atoms with van der Waals surface area (Å²) >= 11 is 12.0. The molecule has 0 saturated carbocycles. The molecular weight excluding hydrogens is 309 g/mol. The van der Waals surface area contributed by atoms with Gasteiger partial charge in [-0.05, 0) is 36.4 Å². The molecule has 0 atom stereocenters. The molecule has 0 bridgehead atoms. The van der Waals surface area contributed by atoms with Crippen LogP contribution in [0.3, 0.4) is 0 Å². The molecule has 0 aliphatic carbocycles. The van der Waals surface area contributed by atoms with Crippen LogP contribution in [0.2, 0.25) is 10.0 Å². The van der Waals surface area contributed by atoms with Gasteiger partial charge in [0.1, 0.15) is 0 Å². The molecule has 0 aromatic heterocycles. The largest absolute Gasteiger partial charge is 0.271 e. The van der Waals surface area contributed by atoms with Crippen molar-refractivity contribution in [2.45, 2.75) is 0 Å². The molecule has 0 aliphatic rings. The molecule has 0 spiro atoms. The second kappa shape index (κ2) is 6.89. The number of amides is 1. The minimum Gasteiger partial charge on any atom is -0.267 e. The van der Waals surface area contributed by atoms with Crippen LogP contribution in [-0.2, 0) is 0 Å². The van der Waals surface area contributed by atoms with E-state index in [9.17, 15) is 4.79 Å². The number of halogens is 2. The van der Waals surface area contributed by atoms with Crippen molar-refractivity contribution in [2.24, 2.45) is 5.10 Å². The van der Waals surface area contributed by atoms with E-state index in [-0.39, 0.29) is 5.91 Å². The normalized spacial score (nSPS) is 10.3. The lowest BCUT2D eigenvalue weighted by molar-refractivity contribution is 0.0955. The predicted octanol–water partition coefficient (Wildman–Crippen LogP) is 3.63. The predicted molar refractivity (Wildman–Crippen MR) is 82.7 cm³/mol. The van der Waals surface area contributed by atoms with Crippen molar-refractivity contribution in [3.8, 4) is 6.07 Å². The van der Waals surface area contributed by atoms with Gasteiger partial charge in [-0.25, -0.2) is 5.43 Å². The number of rotatable bonds is 3. The van der Waals surface area contributed by atoms with Crippen LogP contribution in [0.4, 0.5) is 0 Å². The van der Waals surface area contributed by atoms with Gasteiger partial charge in [0, 0.05) is 11.1 Å². The first-order valence-electron chi connectivity index (χ1n) is 5.89. The zero-order valence-corrected chi connectivity index (χ0v) is 12.2. The third kappa shape index (κ3) is 3.82. The van der Waals surface area contributed by atoms with Crippen molar-refractivity contribution < 1.29 is 4.79 Å². The van der Waals surface area contributed by atoms with Gasteiger partial charge in [-0.15, -0.1) is 0 Å². The first-order valence-corrected chi connectivity index (χ1v) is 6.65. The Morgan fingerprint density at radius 2 is 1.76 bits per heavy atom. The molecule has 104 valence electrons. The lowest BCUT2D eigenvalue weighted by Gasteiger charge is -2.02. The molecule has 0 aliphatic heterocycles. The smallest absolute Gasteiger partial charge is 0.267 e. The van der Waals surface area contributed by atoms with Crippen molar-refractivity contribution >= 4 is 35.3 Å². The Hall–Kier alpha value is -2.35. The molecule has 2 rings (SSSR count). The SMILES string of the molecule is N#Cc1ccc(C(=O)NN=Cc2c(Cl)cccc2Cl)cc1. The Kier molecular flexibility index (Phi) is 4.94. The maximum absolute atomic E-state index is 11.8. The molecule has 2 aromatic carbocycles.